The Morgan fingerprint density at radius 3 is 2.63 bits per heavy atom. The molecule has 2 rings (SSSR count). The van der Waals surface area contributed by atoms with E-state index >= 15 is 0 Å². The highest BCUT2D eigenvalue weighted by Gasteiger charge is 2.28. The predicted molar refractivity (Wildman–Crippen MR) is 121 cm³/mol. The molecule has 1 aliphatic rings. The lowest BCUT2D eigenvalue weighted by Gasteiger charge is -2.14. The number of halogens is 4. The molecule has 1 fully saturated rings. The third-order valence-corrected chi connectivity index (χ3v) is 4.18. The zero-order valence-corrected chi connectivity index (χ0v) is 19.6. The van der Waals surface area contributed by atoms with Crippen LogP contribution in [0.15, 0.2) is 23.2 Å². The average Bonchev–Trinajstić information content (AvgIpc) is 3.45. The van der Waals surface area contributed by atoms with E-state index in [1.807, 2.05) is 13.0 Å². The fourth-order valence-corrected chi connectivity index (χ4v) is 2.58. The van der Waals surface area contributed by atoms with Gasteiger partial charge in [0.25, 0.3) is 0 Å². The van der Waals surface area contributed by atoms with E-state index in [9.17, 15) is 18.0 Å². The maximum absolute atomic E-state index is 12.5. The number of hydrogen-bond acceptors (Lipinski definition) is 3. The Labute approximate surface area is 192 Å². The summed E-state index contributed by atoms with van der Waals surface area (Å²) in [4.78, 5) is 16.1. The molecule has 0 unspecified atom stereocenters. The number of carbonyl (C=O) groups is 1. The Morgan fingerprint density at radius 1 is 1.27 bits per heavy atom. The molecule has 0 heterocycles. The normalized spacial score (nSPS) is 14.0. The lowest BCUT2D eigenvalue weighted by Crippen LogP contribution is -2.38. The van der Waals surface area contributed by atoms with Crippen molar-refractivity contribution in [2.75, 3.05) is 19.7 Å². The molecular formula is C20H30F3IN4O2. The highest BCUT2D eigenvalue weighted by atomic mass is 127. The number of hydrogen-bond donors (Lipinski definition) is 3. The zero-order valence-electron chi connectivity index (χ0n) is 17.3. The Morgan fingerprint density at radius 2 is 2.00 bits per heavy atom. The first-order chi connectivity index (χ1) is 13.8. The zero-order chi connectivity index (χ0) is 21.3. The van der Waals surface area contributed by atoms with Crippen LogP contribution in [0.4, 0.5) is 13.2 Å². The van der Waals surface area contributed by atoms with Crippen molar-refractivity contribution < 1.29 is 22.7 Å². The second-order valence-electron chi connectivity index (χ2n) is 7.08. The van der Waals surface area contributed by atoms with Crippen LogP contribution in [0.2, 0.25) is 0 Å². The van der Waals surface area contributed by atoms with Gasteiger partial charge in [-0.05, 0) is 44.7 Å². The van der Waals surface area contributed by atoms with Gasteiger partial charge < -0.3 is 20.7 Å². The number of guanidine groups is 1. The quantitative estimate of drug-likeness (QED) is 0.183. The lowest BCUT2D eigenvalue weighted by molar-refractivity contribution is -0.153. The molecule has 1 aromatic carbocycles. The summed E-state index contributed by atoms with van der Waals surface area (Å²) in [5.74, 6) is 0.776. The van der Waals surface area contributed by atoms with Gasteiger partial charge in [0, 0.05) is 31.1 Å². The van der Waals surface area contributed by atoms with E-state index in [-0.39, 0.29) is 42.2 Å². The van der Waals surface area contributed by atoms with E-state index in [0.717, 1.165) is 18.4 Å². The minimum atomic E-state index is -4.40. The number of amides is 1. The number of nitrogens with zero attached hydrogens (tertiary/aromatic N) is 1. The highest BCUT2D eigenvalue weighted by molar-refractivity contribution is 14.0. The monoisotopic (exact) mass is 542 g/mol. The molecule has 0 aromatic heterocycles. The van der Waals surface area contributed by atoms with Crippen molar-refractivity contribution in [1.82, 2.24) is 16.0 Å². The molecule has 0 atom stereocenters. The van der Waals surface area contributed by atoms with Gasteiger partial charge in [0.2, 0.25) is 5.91 Å². The SMILES string of the molecule is CCNC(=NCc1ccc(C)cc1OCC(F)(F)F)NCCCC(=O)NC1CC1.I. The number of aliphatic imine (C=N–C) groups is 1. The van der Waals surface area contributed by atoms with Crippen LogP contribution >= 0.6 is 24.0 Å². The molecule has 1 aliphatic carbocycles. The largest absolute Gasteiger partial charge is 0.484 e. The summed E-state index contributed by atoms with van der Waals surface area (Å²) in [7, 11) is 0. The van der Waals surface area contributed by atoms with Crippen LogP contribution in [0.5, 0.6) is 5.75 Å². The van der Waals surface area contributed by atoms with Crippen LogP contribution in [-0.4, -0.2) is 43.8 Å². The second-order valence-corrected chi connectivity index (χ2v) is 7.08. The van der Waals surface area contributed by atoms with Gasteiger partial charge in [-0.2, -0.15) is 13.2 Å². The number of ether oxygens (including phenoxy) is 1. The third kappa shape index (κ3) is 10.9. The van der Waals surface area contributed by atoms with Gasteiger partial charge in [-0.3, -0.25) is 4.79 Å². The molecule has 1 saturated carbocycles. The topological polar surface area (TPSA) is 74.8 Å². The van der Waals surface area contributed by atoms with Gasteiger partial charge in [0.1, 0.15) is 5.75 Å². The number of carbonyl (C=O) groups excluding carboxylic acids is 1. The van der Waals surface area contributed by atoms with Crippen LogP contribution in [-0.2, 0) is 11.3 Å². The smallest absolute Gasteiger partial charge is 0.422 e. The number of alkyl halides is 3. The molecule has 0 spiro atoms. The predicted octanol–water partition coefficient (Wildman–Crippen LogP) is 3.67. The summed E-state index contributed by atoms with van der Waals surface area (Å²) in [5.41, 5.74) is 1.38. The fourth-order valence-electron chi connectivity index (χ4n) is 2.58. The third-order valence-electron chi connectivity index (χ3n) is 4.18. The van der Waals surface area contributed by atoms with Gasteiger partial charge in [-0.15, -0.1) is 24.0 Å². The summed E-state index contributed by atoms with van der Waals surface area (Å²) in [6, 6.07) is 5.47. The number of rotatable bonds is 10. The molecular weight excluding hydrogens is 512 g/mol. The fraction of sp³-hybridized carbons (Fsp3) is 0.600. The molecule has 0 aliphatic heterocycles. The van der Waals surface area contributed by atoms with Gasteiger partial charge in [0.05, 0.1) is 6.54 Å². The molecule has 0 radical (unpaired) electrons. The van der Waals surface area contributed by atoms with E-state index in [1.165, 1.54) is 0 Å². The second kappa shape index (κ2) is 12.9. The van der Waals surface area contributed by atoms with E-state index in [2.05, 4.69) is 20.9 Å². The van der Waals surface area contributed by atoms with Crippen LogP contribution in [0.1, 0.15) is 43.7 Å². The summed E-state index contributed by atoms with van der Waals surface area (Å²) in [6.07, 6.45) is -1.17. The molecule has 30 heavy (non-hydrogen) atoms. The maximum Gasteiger partial charge on any atom is 0.422 e. The van der Waals surface area contributed by atoms with Gasteiger partial charge in [-0.25, -0.2) is 4.99 Å². The highest BCUT2D eigenvalue weighted by Crippen LogP contribution is 2.24. The molecule has 0 bridgehead atoms. The van der Waals surface area contributed by atoms with Crippen molar-refractivity contribution in [3.05, 3.63) is 29.3 Å². The van der Waals surface area contributed by atoms with Gasteiger partial charge >= 0.3 is 6.18 Å². The Balaban J connectivity index is 0.00000450. The Bertz CT molecular complexity index is 710. The molecule has 10 heteroatoms. The molecule has 1 amide bonds. The van der Waals surface area contributed by atoms with Crippen LogP contribution in [0.25, 0.3) is 0 Å². The first-order valence-corrected chi connectivity index (χ1v) is 9.87. The van der Waals surface area contributed by atoms with Crippen molar-refractivity contribution in [3.63, 3.8) is 0 Å². The average molecular weight is 542 g/mol. The Hall–Kier alpha value is -1.72. The van der Waals surface area contributed by atoms with Crippen molar-refractivity contribution in [3.8, 4) is 5.75 Å². The van der Waals surface area contributed by atoms with Crippen molar-refractivity contribution >= 4 is 35.8 Å². The molecule has 3 N–H and O–H groups in total. The molecule has 170 valence electrons. The molecule has 6 nitrogen and oxygen atoms in total. The van der Waals surface area contributed by atoms with Crippen LogP contribution in [0, 0.1) is 6.92 Å². The minimum Gasteiger partial charge on any atom is -0.484 e. The van der Waals surface area contributed by atoms with Crippen LogP contribution < -0.4 is 20.7 Å². The van der Waals surface area contributed by atoms with Gasteiger partial charge in [-0.1, -0.05) is 12.1 Å². The Kier molecular flexibility index (Phi) is 11.3. The molecule has 1 aromatic rings. The van der Waals surface area contributed by atoms with Crippen molar-refractivity contribution in [2.24, 2.45) is 4.99 Å². The standard InChI is InChI=1S/C20H29F3N4O2.HI/c1-3-24-19(25-10-4-5-18(28)27-16-8-9-16)26-12-15-7-6-14(2)11-17(15)29-13-20(21,22)23;/h6-7,11,16H,3-5,8-10,12-13H2,1-2H3,(H,27,28)(H2,24,25,26);1H. The number of aryl methyl sites for hydroxylation is 1. The summed E-state index contributed by atoms with van der Waals surface area (Å²) in [5, 5.41) is 9.17. The lowest BCUT2D eigenvalue weighted by atomic mass is 10.1. The van der Waals surface area contributed by atoms with Gasteiger partial charge in [0.15, 0.2) is 12.6 Å². The maximum atomic E-state index is 12.5. The van der Waals surface area contributed by atoms with Crippen molar-refractivity contribution in [2.45, 2.75) is 58.3 Å². The number of nitrogens with one attached hydrogen (secondary N) is 3. The number of benzene rings is 1. The van der Waals surface area contributed by atoms with E-state index in [4.69, 9.17) is 4.74 Å². The minimum absolute atomic E-state index is 0. The summed E-state index contributed by atoms with van der Waals surface area (Å²) < 4.78 is 42.4. The first-order valence-electron chi connectivity index (χ1n) is 9.87. The van der Waals surface area contributed by atoms with E-state index in [1.54, 1.807) is 19.1 Å². The summed E-state index contributed by atoms with van der Waals surface area (Å²) >= 11 is 0. The molecule has 0 saturated heterocycles. The van der Waals surface area contributed by atoms with Crippen molar-refractivity contribution in [1.29, 1.82) is 0 Å². The van der Waals surface area contributed by atoms with E-state index in [0.29, 0.717) is 43.5 Å². The summed E-state index contributed by atoms with van der Waals surface area (Å²) in [6.45, 7) is 3.75. The first kappa shape index (κ1) is 26.3. The van der Waals surface area contributed by atoms with E-state index < -0.39 is 12.8 Å². The van der Waals surface area contributed by atoms with Crippen LogP contribution in [0.3, 0.4) is 0 Å².